The average molecular weight is 410 g/mol. The third kappa shape index (κ3) is 4.26. The van der Waals surface area contributed by atoms with Crippen LogP contribution in [0.4, 0.5) is 11.4 Å². The highest BCUT2D eigenvalue weighted by atomic mass is 32.2. The molecule has 0 bridgehead atoms. The SMILES string of the molecule is CS(=O)(=O)N1CCN(c2ccc(NC(=O)c3cccc4ccccc34)cc2)CC1. The number of nitrogens with zero attached hydrogens (tertiary/aromatic N) is 2. The van der Waals surface area contributed by atoms with Crippen molar-refractivity contribution in [2.24, 2.45) is 0 Å². The maximum atomic E-state index is 12.8. The number of fused-ring (bicyclic) bond motifs is 1. The van der Waals surface area contributed by atoms with Gasteiger partial charge in [-0.05, 0) is 41.1 Å². The molecule has 1 fully saturated rings. The number of sulfonamides is 1. The van der Waals surface area contributed by atoms with Crippen LogP contribution in [-0.4, -0.2) is 51.1 Å². The molecular formula is C22H23N3O3S. The summed E-state index contributed by atoms with van der Waals surface area (Å²) in [5.41, 5.74) is 2.38. The number of hydrogen-bond donors (Lipinski definition) is 1. The number of hydrogen-bond acceptors (Lipinski definition) is 4. The molecule has 29 heavy (non-hydrogen) atoms. The van der Waals surface area contributed by atoms with Gasteiger partial charge in [-0.1, -0.05) is 36.4 Å². The molecule has 0 atom stereocenters. The Labute approximate surface area is 170 Å². The van der Waals surface area contributed by atoms with Crippen LogP contribution in [-0.2, 0) is 10.0 Å². The van der Waals surface area contributed by atoms with Gasteiger partial charge in [-0.2, -0.15) is 4.31 Å². The molecule has 1 aliphatic heterocycles. The number of anilines is 2. The zero-order valence-electron chi connectivity index (χ0n) is 16.2. The van der Waals surface area contributed by atoms with E-state index in [2.05, 4.69) is 10.2 Å². The van der Waals surface area contributed by atoms with Crippen molar-refractivity contribution >= 4 is 38.1 Å². The van der Waals surface area contributed by atoms with Gasteiger partial charge in [0.15, 0.2) is 0 Å². The quantitative estimate of drug-likeness (QED) is 0.719. The van der Waals surface area contributed by atoms with E-state index in [0.29, 0.717) is 31.7 Å². The van der Waals surface area contributed by atoms with Gasteiger partial charge in [0.05, 0.1) is 6.26 Å². The molecule has 7 heteroatoms. The van der Waals surface area contributed by atoms with Crippen molar-refractivity contribution in [1.82, 2.24) is 4.31 Å². The van der Waals surface area contributed by atoms with Crippen molar-refractivity contribution in [2.45, 2.75) is 0 Å². The van der Waals surface area contributed by atoms with E-state index in [0.717, 1.165) is 22.1 Å². The summed E-state index contributed by atoms with van der Waals surface area (Å²) in [6.07, 6.45) is 1.25. The molecule has 1 amide bonds. The molecule has 0 unspecified atom stereocenters. The second-order valence-electron chi connectivity index (χ2n) is 7.18. The maximum absolute atomic E-state index is 12.8. The van der Waals surface area contributed by atoms with E-state index in [-0.39, 0.29) is 5.91 Å². The van der Waals surface area contributed by atoms with Crippen LogP contribution in [0.5, 0.6) is 0 Å². The summed E-state index contributed by atoms with van der Waals surface area (Å²) in [6.45, 7) is 2.26. The van der Waals surface area contributed by atoms with Gasteiger partial charge >= 0.3 is 0 Å². The van der Waals surface area contributed by atoms with E-state index in [1.807, 2.05) is 66.7 Å². The van der Waals surface area contributed by atoms with Crippen molar-refractivity contribution < 1.29 is 13.2 Å². The summed E-state index contributed by atoms with van der Waals surface area (Å²) >= 11 is 0. The summed E-state index contributed by atoms with van der Waals surface area (Å²) < 4.78 is 24.8. The second-order valence-corrected chi connectivity index (χ2v) is 9.16. The fourth-order valence-electron chi connectivity index (χ4n) is 3.66. The summed E-state index contributed by atoms with van der Waals surface area (Å²) in [4.78, 5) is 14.9. The lowest BCUT2D eigenvalue weighted by molar-refractivity contribution is 0.102. The highest BCUT2D eigenvalue weighted by Crippen LogP contribution is 2.22. The molecule has 0 spiro atoms. The highest BCUT2D eigenvalue weighted by Gasteiger charge is 2.23. The lowest BCUT2D eigenvalue weighted by atomic mass is 10.0. The van der Waals surface area contributed by atoms with Gasteiger partial charge in [0, 0.05) is 43.1 Å². The summed E-state index contributed by atoms with van der Waals surface area (Å²) in [7, 11) is -3.13. The summed E-state index contributed by atoms with van der Waals surface area (Å²) in [5.74, 6) is -0.142. The first-order valence-electron chi connectivity index (χ1n) is 9.51. The predicted molar refractivity (Wildman–Crippen MR) is 117 cm³/mol. The number of carbonyl (C=O) groups excluding carboxylic acids is 1. The molecule has 3 aromatic rings. The molecular weight excluding hydrogens is 386 g/mol. The van der Waals surface area contributed by atoms with Crippen molar-refractivity contribution in [3.8, 4) is 0 Å². The minimum Gasteiger partial charge on any atom is -0.369 e. The van der Waals surface area contributed by atoms with E-state index in [9.17, 15) is 13.2 Å². The van der Waals surface area contributed by atoms with Crippen LogP contribution in [0.1, 0.15) is 10.4 Å². The van der Waals surface area contributed by atoms with Gasteiger partial charge in [-0.25, -0.2) is 8.42 Å². The fourth-order valence-corrected chi connectivity index (χ4v) is 4.48. The van der Waals surface area contributed by atoms with Crippen molar-refractivity contribution in [2.75, 3.05) is 42.7 Å². The Balaban J connectivity index is 1.44. The van der Waals surface area contributed by atoms with Gasteiger partial charge in [0.2, 0.25) is 10.0 Å². The molecule has 1 aliphatic rings. The van der Waals surface area contributed by atoms with E-state index >= 15 is 0 Å². The first-order chi connectivity index (χ1) is 13.9. The molecule has 1 N–H and O–H groups in total. The first-order valence-corrected chi connectivity index (χ1v) is 11.4. The summed E-state index contributed by atoms with van der Waals surface area (Å²) in [5, 5.41) is 4.92. The number of benzene rings is 3. The number of nitrogens with one attached hydrogen (secondary N) is 1. The molecule has 3 aromatic carbocycles. The van der Waals surface area contributed by atoms with Crippen LogP contribution in [0, 0.1) is 0 Å². The van der Waals surface area contributed by atoms with Crippen LogP contribution in [0.2, 0.25) is 0 Å². The molecule has 0 aromatic heterocycles. The number of carbonyl (C=O) groups is 1. The van der Waals surface area contributed by atoms with Crippen LogP contribution in [0.15, 0.2) is 66.7 Å². The molecule has 0 saturated carbocycles. The Morgan fingerprint density at radius 2 is 1.52 bits per heavy atom. The molecule has 1 heterocycles. The third-order valence-electron chi connectivity index (χ3n) is 5.23. The van der Waals surface area contributed by atoms with Crippen molar-refractivity contribution in [1.29, 1.82) is 0 Å². The van der Waals surface area contributed by atoms with E-state index in [1.54, 1.807) is 0 Å². The normalized spacial score (nSPS) is 15.4. The lowest BCUT2D eigenvalue weighted by Crippen LogP contribution is -2.48. The topological polar surface area (TPSA) is 69.7 Å². The second kappa shape index (κ2) is 7.85. The van der Waals surface area contributed by atoms with Gasteiger partial charge in [0.25, 0.3) is 5.91 Å². The van der Waals surface area contributed by atoms with E-state index in [4.69, 9.17) is 0 Å². The Morgan fingerprint density at radius 1 is 0.862 bits per heavy atom. The Morgan fingerprint density at radius 3 is 2.21 bits per heavy atom. The Kier molecular flexibility index (Phi) is 5.25. The minimum atomic E-state index is -3.13. The molecule has 150 valence electrons. The Bertz CT molecular complexity index is 1130. The van der Waals surface area contributed by atoms with E-state index in [1.165, 1.54) is 10.6 Å². The average Bonchev–Trinajstić information content (AvgIpc) is 2.73. The molecule has 1 saturated heterocycles. The smallest absolute Gasteiger partial charge is 0.256 e. The predicted octanol–water partition coefficient (Wildman–Crippen LogP) is 3.17. The zero-order chi connectivity index (χ0) is 20.4. The molecule has 0 aliphatic carbocycles. The third-order valence-corrected chi connectivity index (χ3v) is 6.54. The zero-order valence-corrected chi connectivity index (χ0v) is 17.0. The fraction of sp³-hybridized carbons (Fsp3) is 0.227. The lowest BCUT2D eigenvalue weighted by Gasteiger charge is -2.34. The van der Waals surface area contributed by atoms with Crippen LogP contribution in [0.3, 0.4) is 0 Å². The van der Waals surface area contributed by atoms with Crippen LogP contribution in [0.25, 0.3) is 10.8 Å². The standard InChI is InChI=1S/C22H23N3O3S/c1-29(27,28)25-15-13-24(14-16-25)19-11-9-18(10-12-19)23-22(26)21-8-4-6-17-5-2-3-7-20(17)21/h2-12H,13-16H2,1H3,(H,23,26). The number of piperazine rings is 1. The van der Waals surface area contributed by atoms with Gasteiger partial charge in [-0.3, -0.25) is 4.79 Å². The monoisotopic (exact) mass is 409 g/mol. The molecule has 0 radical (unpaired) electrons. The Hall–Kier alpha value is -2.90. The molecule has 4 rings (SSSR count). The highest BCUT2D eigenvalue weighted by molar-refractivity contribution is 7.88. The maximum Gasteiger partial charge on any atom is 0.256 e. The molecule has 6 nitrogen and oxygen atoms in total. The first kappa shape index (κ1) is 19.4. The number of rotatable bonds is 4. The van der Waals surface area contributed by atoms with Gasteiger partial charge < -0.3 is 10.2 Å². The van der Waals surface area contributed by atoms with Crippen molar-refractivity contribution in [3.63, 3.8) is 0 Å². The van der Waals surface area contributed by atoms with Crippen LogP contribution >= 0.6 is 0 Å². The van der Waals surface area contributed by atoms with Gasteiger partial charge in [-0.15, -0.1) is 0 Å². The van der Waals surface area contributed by atoms with Crippen molar-refractivity contribution in [3.05, 3.63) is 72.3 Å². The summed E-state index contributed by atoms with van der Waals surface area (Å²) in [6, 6.07) is 21.2. The number of amides is 1. The van der Waals surface area contributed by atoms with Gasteiger partial charge in [0.1, 0.15) is 0 Å². The van der Waals surface area contributed by atoms with E-state index < -0.39 is 10.0 Å². The van der Waals surface area contributed by atoms with Crippen LogP contribution < -0.4 is 10.2 Å². The minimum absolute atomic E-state index is 0.142. The largest absolute Gasteiger partial charge is 0.369 e.